The Morgan fingerprint density at radius 2 is 2.14 bits per heavy atom. The maximum absolute atomic E-state index is 10.7. The average molecular weight is 211 g/mol. The fraction of sp³-hybridized carbons (Fsp3) is 0.417. The molecule has 14 heavy (non-hydrogen) atoms. The number of ketones is 1. The maximum atomic E-state index is 10.7. The van der Waals surface area contributed by atoms with Crippen molar-refractivity contribution >= 4 is 17.4 Å². The van der Waals surface area contributed by atoms with Crippen LogP contribution in [0, 0.1) is 0 Å². The number of unbranched alkanes of at least 4 members (excludes halogenated alkanes) is 1. The Kier molecular flexibility index (Phi) is 4.68. The van der Waals surface area contributed by atoms with Crippen LogP contribution in [-0.2, 0) is 11.2 Å². The van der Waals surface area contributed by atoms with Crippen molar-refractivity contribution in [3.05, 3.63) is 34.9 Å². The molecule has 0 unspecified atom stereocenters. The summed E-state index contributed by atoms with van der Waals surface area (Å²) in [5.74, 6) is 0.274. The Morgan fingerprint density at radius 3 is 2.79 bits per heavy atom. The molecule has 1 nitrogen and oxygen atoms in total. The molecule has 0 saturated carbocycles. The van der Waals surface area contributed by atoms with Crippen LogP contribution in [0.4, 0.5) is 0 Å². The minimum atomic E-state index is 0.274. The molecule has 0 saturated heterocycles. The van der Waals surface area contributed by atoms with E-state index in [0.29, 0.717) is 6.42 Å². The van der Waals surface area contributed by atoms with Crippen LogP contribution in [0.1, 0.15) is 31.7 Å². The molecule has 0 N–H and O–H groups in total. The van der Waals surface area contributed by atoms with Crippen molar-refractivity contribution in [3.63, 3.8) is 0 Å². The Labute approximate surface area is 90.1 Å². The lowest BCUT2D eigenvalue weighted by Gasteiger charge is -2.00. The number of Topliss-reactive ketones (excluding diaryl/α,β-unsaturated/α-hetero) is 1. The molecule has 0 atom stereocenters. The van der Waals surface area contributed by atoms with E-state index < -0.39 is 0 Å². The second kappa shape index (κ2) is 5.82. The number of rotatable bonds is 5. The highest BCUT2D eigenvalue weighted by Gasteiger charge is 1.96. The first-order valence-corrected chi connectivity index (χ1v) is 5.30. The lowest BCUT2D eigenvalue weighted by molar-refractivity contribution is -0.117. The summed E-state index contributed by atoms with van der Waals surface area (Å²) < 4.78 is 0. The van der Waals surface area contributed by atoms with E-state index >= 15 is 0 Å². The van der Waals surface area contributed by atoms with Gasteiger partial charge in [-0.05, 0) is 43.9 Å². The standard InChI is InChI=1S/C12H15ClO/c1-10(14)5-2-3-6-11-7-4-8-12(13)9-11/h4,7-9H,2-3,5-6H2,1H3. The summed E-state index contributed by atoms with van der Waals surface area (Å²) in [6.07, 6.45) is 3.73. The number of carbonyl (C=O) groups excluding carboxylic acids is 1. The second-order valence-corrected chi connectivity index (χ2v) is 3.98. The number of halogens is 1. The molecule has 0 radical (unpaired) electrons. The summed E-state index contributed by atoms with van der Waals surface area (Å²) >= 11 is 5.85. The summed E-state index contributed by atoms with van der Waals surface area (Å²) in [5.41, 5.74) is 1.25. The zero-order valence-corrected chi connectivity index (χ0v) is 9.18. The molecule has 0 fully saturated rings. The second-order valence-electron chi connectivity index (χ2n) is 3.54. The Morgan fingerprint density at radius 1 is 1.36 bits per heavy atom. The van der Waals surface area contributed by atoms with Crippen LogP contribution in [0.15, 0.2) is 24.3 Å². The molecule has 1 aromatic carbocycles. The van der Waals surface area contributed by atoms with Crippen LogP contribution >= 0.6 is 11.6 Å². The van der Waals surface area contributed by atoms with E-state index in [4.69, 9.17) is 11.6 Å². The number of hydrogen-bond acceptors (Lipinski definition) is 1. The van der Waals surface area contributed by atoms with Gasteiger partial charge in [0.15, 0.2) is 0 Å². The molecule has 1 rings (SSSR count). The van der Waals surface area contributed by atoms with Crippen molar-refractivity contribution in [3.8, 4) is 0 Å². The third kappa shape index (κ3) is 4.43. The van der Waals surface area contributed by atoms with E-state index in [2.05, 4.69) is 6.07 Å². The number of aryl methyl sites for hydroxylation is 1. The predicted molar refractivity (Wildman–Crippen MR) is 59.7 cm³/mol. The van der Waals surface area contributed by atoms with E-state index in [1.807, 2.05) is 18.2 Å². The fourth-order valence-electron chi connectivity index (χ4n) is 1.40. The molecule has 0 aliphatic carbocycles. The number of carbonyl (C=O) groups is 1. The zero-order chi connectivity index (χ0) is 10.4. The van der Waals surface area contributed by atoms with E-state index in [-0.39, 0.29) is 5.78 Å². The smallest absolute Gasteiger partial charge is 0.129 e. The van der Waals surface area contributed by atoms with Crippen LogP contribution in [0.25, 0.3) is 0 Å². The van der Waals surface area contributed by atoms with Crippen LogP contribution < -0.4 is 0 Å². The Bertz CT molecular complexity index is 307. The van der Waals surface area contributed by atoms with Gasteiger partial charge in [-0.15, -0.1) is 0 Å². The van der Waals surface area contributed by atoms with Crippen molar-refractivity contribution < 1.29 is 4.79 Å². The monoisotopic (exact) mass is 210 g/mol. The van der Waals surface area contributed by atoms with Crippen molar-refractivity contribution in [1.82, 2.24) is 0 Å². The van der Waals surface area contributed by atoms with Crippen molar-refractivity contribution in [2.24, 2.45) is 0 Å². The van der Waals surface area contributed by atoms with Gasteiger partial charge in [-0.25, -0.2) is 0 Å². The molecular weight excluding hydrogens is 196 g/mol. The zero-order valence-electron chi connectivity index (χ0n) is 8.42. The molecule has 0 spiro atoms. The molecule has 0 amide bonds. The lowest BCUT2D eigenvalue weighted by atomic mass is 10.1. The van der Waals surface area contributed by atoms with Gasteiger partial charge in [-0.1, -0.05) is 23.7 Å². The van der Waals surface area contributed by atoms with Gasteiger partial charge in [-0.3, -0.25) is 0 Å². The van der Waals surface area contributed by atoms with Gasteiger partial charge in [0.05, 0.1) is 0 Å². The largest absolute Gasteiger partial charge is 0.300 e. The van der Waals surface area contributed by atoms with Crippen LogP contribution in [0.5, 0.6) is 0 Å². The van der Waals surface area contributed by atoms with Crippen molar-refractivity contribution in [2.45, 2.75) is 32.6 Å². The molecule has 0 aliphatic rings. The highest BCUT2D eigenvalue weighted by Crippen LogP contribution is 2.13. The van der Waals surface area contributed by atoms with Gasteiger partial charge in [0.25, 0.3) is 0 Å². The van der Waals surface area contributed by atoms with Gasteiger partial charge in [0, 0.05) is 11.4 Å². The van der Waals surface area contributed by atoms with Gasteiger partial charge in [0.1, 0.15) is 5.78 Å². The molecule has 0 heterocycles. The normalized spacial score (nSPS) is 10.1. The molecule has 0 aliphatic heterocycles. The number of benzene rings is 1. The highest BCUT2D eigenvalue weighted by molar-refractivity contribution is 6.30. The summed E-state index contributed by atoms with van der Waals surface area (Å²) in [6.45, 7) is 1.64. The Balaban J connectivity index is 2.28. The summed E-state index contributed by atoms with van der Waals surface area (Å²) in [4.78, 5) is 10.7. The topological polar surface area (TPSA) is 17.1 Å². The predicted octanol–water partition coefficient (Wildman–Crippen LogP) is 3.64. The van der Waals surface area contributed by atoms with Gasteiger partial charge in [0.2, 0.25) is 0 Å². The molecule has 1 aromatic rings. The van der Waals surface area contributed by atoms with E-state index in [0.717, 1.165) is 24.3 Å². The average Bonchev–Trinajstić information content (AvgIpc) is 2.12. The van der Waals surface area contributed by atoms with Crippen LogP contribution in [0.3, 0.4) is 0 Å². The van der Waals surface area contributed by atoms with Crippen LogP contribution in [0.2, 0.25) is 5.02 Å². The summed E-state index contributed by atoms with van der Waals surface area (Å²) in [6, 6.07) is 7.89. The molecule has 2 heteroatoms. The first-order valence-electron chi connectivity index (χ1n) is 4.92. The van der Waals surface area contributed by atoms with Crippen molar-refractivity contribution in [1.29, 1.82) is 0 Å². The van der Waals surface area contributed by atoms with Crippen molar-refractivity contribution in [2.75, 3.05) is 0 Å². The third-order valence-electron chi connectivity index (χ3n) is 2.13. The van der Waals surface area contributed by atoms with E-state index in [1.165, 1.54) is 5.56 Å². The van der Waals surface area contributed by atoms with E-state index in [9.17, 15) is 4.79 Å². The highest BCUT2D eigenvalue weighted by atomic mass is 35.5. The van der Waals surface area contributed by atoms with Gasteiger partial charge < -0.3 is 4.79 Å². The molecular formula is C12H15ClO. The Hall–Kier alpha value is -0.820. The quantitative estimate of drug-likeness (QED) is 0.679. The van der Waals surface area contributed by atoms with Gasteiger partial charge >= 0.3 is 0 Å². The SMILES string of the molecule is CC(=O)CCCCc1cccc(Cl)c1. The number of hydrogen-bond donors (Lipinski definition) is 0. The summed E-state index contributed by atoms with van der Waals surface area (Å²) in [5, 5.41) is 0.786. The van der Waals surface area contributed by atoms with Gasteiger partial charge in [-0.2, -0.15) is 0 Å². The maximum Gasteiger partial charge on any atom is 0.129 e. The first-order chi connectivity index (χ1) is 6.68. The minimum absolute atomic E-state index is 0.274. The minimum Gasteiger partial charge on any atom is -0.300 e. The summed E-state index contributed by atoms with van der Waals surface area (Å²) in [7, 11) is 0. The van der Waals surface area contributed by atoms with E-state index in [1.54, 1.807) is 6.92 Å². The lowest BCUT2D eigenvalue weighted by Crippen LogP contribution is -1.91. The molecule has 0 aromatic heterocycles. The molecule has 76 valence electrons. The first kappa shape index (κ1) is 11.3. The third-order valence-corrected chi connectivity index (χ3v) is 2.37. The molecule has 0 bridgehead atoms. The fourth-order valence-corrected chi connectivity index (χ4v) is 1.61. The van der Waals surface area contributed by atoms with Crippen LogP contribution in [-0.4, -0.2) is 5.78 Å².